The van der Waals surface area contributed by atoms with Crippen LogP contribution < -0.4 is 0 Å². The summed E-state index contributed by atoms with van der Waals surface area (Å²) in [6.07, 6.45) is 3.52. The lowest BCUT2D eigenvalue weighted by Crippen LogP contribution is -1.99. The van der Waals surface area contributed by atoms with Crippen LogP contribution in [0, 0.1) is 0 Å². The fraction of sp³-hybridized carbons (Fsp3) is 0.455. The van der Waals surface area contributed by atoms with Gasteiger partial charge in [0.15, 0.2) is 0 Å². The van der Waals surface area contributed by atoms with Crippen molar-refractivity contribution < 1.29 is 14.3 Å². The van der Waals surface area contributed by atoms with Crippen molar-refractivity contribution in [1.29, 1.82) is 0 Å². The molecule has 0 aliphatic carbocycles. The number of rotatable bonds is 6. The first-order valence-electron chi connectivity index (χ1n) is 4.93. The van der Waals surface area contributed by atoms with Crippen LogP contribution in [0.1, 0.15) is 27.4 Å². The van der Waals surface area contributed by atoms with Crippen molar-refractivity contribution in [2.75, 3.05) is 7.11 Å². The highest BCUT2D eigenvalue weighted by molar-refractivity contribution is 9.09. The van der Waals surface area contributed by atoms with E-state index in [2.05, 4.69) is 20.7 Å². The standard InChI is InChI=1S/C11H13BrO3S/c1-15-11(14)10-6-5-9(16-10)4-2-3-8(12)7-13/h5-8H,2-4H2,1H3. The number of hydrogen-bond donors (Lipinski definition) is 0. The number of carbonyl (C=O) groups is 2. The van der Waals surface area contributed by atoms with E-state index in [0.717, 1.165) is 30.4 Å². The Kier molecular flexibility index (Phi) is 5.69. The average molecular weight is 305 g/mol. The highest BCUT2D eigenvalue weighted by atomic mass is 79.9. The first-order valence-corrected chi connectivity index (χ1v) is 6.67. The van der Waals surface area contributed by atoms with E-state index in [0.29, 0.717) is 4.88 Å². The molecule has 1 atom stereocenters. The normalized spacial score (nSPS) is 12.1. The molecule has 0 saturated heterocycles. The van der Waals surface area contributed by atoms with Crippen molar-refractivity contribution in [2.45, 2.75) is 24.1 Å². The summed E-state index contributed by atoms with van der Waals surface area (Å²) in [5.41, 5.74) is 0. The van der Waals surface area contributed by atoms with Crippen LogP contribution in [0.25, 0.3) is 0 Å². The van der Waals surface area contributed by atoms with Gasteiger partial charge in [-0.3, -0.25) is 0 Å². The van der Waals surface area contributed by atoms with Gasteiger partial charge >= 0.3 is 5.97 Å². The van der Waals surface area contributed by atoms with E-state index in [1.807, 2.05) is 6.07 Å². The lowest BCUT2D eigenvalue weighted by atomic mass is 10.2. The quantitative estimate of drug-likeness (QED) is 0.461. The fourth-order valence-corrected chi connectivity index (χ4v) is 2.55. The van der Waals surface area contributed by atoms with Gasteiger partial charge in [-0.25, -0.2) is 4.79 Å². The molecule has 1 unspecified atom stereocenters. The minimum Gasteiger partial charge on any atom is -0.465 e. The van der Waals surface area contributed by atoms with Crippen LogP contribution in [-0.2, 0) is 16.0 Å². The van der Waals surface area contributed by atoms with Gasteiger partial charge in [-0.15, -0.1) is 11.3 Å². The molecule has 0 spiro atoms. The monoisotopic (exact) mass is 304 g/mol. The van der Waals surface area contributed by atoms with Crippen molar-refractivity contribution in [3.05, 3.63) is 21.9 Å². The second-order valence-corrected chi connectivity index (χ2v) is 5.65. The molecule has 16 heavy (non-hydrogen) atoms. The van der Waals surface area contributed by atoms with Crippen LogP contribution in [0.2, 0.25) is 0 Å². The zero-order chi connectivity index (χ0) is 12.0. The van der Waals surface area contributed by atoms with Crippen LogP contribution in [0.4, 0.5) is 0 Å². The number of carbonyl (C=O) groups excluding carboxylic acids is 2. The second-order valence-electron chi connectivity index (χ2n) is 3.30. The summed E-state index contributed by atoms with van der Waals surface area (Å²) in [5, 5.41) is 0. The Labute approximate surface area is 107 Å². The van der Waals surface area contributed by atoms with E-state index >= 15 is 0 Å². The second kappa shape index (κ2) is 6.81. The van der Waals surface area contributed by atoms with Gasteiger partial charge in [0.25, 0.3) is 0 Å². The number of halogens is 1. The summed E-state index contributed by atoms with van der Waals surface area (Å²) >= 11 is 4.70. The molecule has 0 aromatic carbocycles. The van der Waals surface area contributed by atoms with Crippen molar-refractivity contribution >= 4 is 39.5 Å². The number of alkyl halides is 1. The zero-order valence-electron chi connectivity index (χ0n) is 8.94. The topological polar surface area (TPSA) is 43.4 Å². The maximum absolute atomic E-state index is 11.2. The summed E-state index contributed by atoms with van der Waals surface area (Å²) in [6, 6.07) is 3.71. The molecule has 0 bridgehead atoms. The lowest BCUT2D eigenvalue weighted by molar-refractivity contribution is -0.107. The van der Waals surface area contributed by atoms with Crippen LogP contribution in [0.5, 0.6) is 0 Å². The van der Waals surface area contributed by atoms with E-state index in [1.165, 1.54) is 18.4 Å². The molecular formula is C11H13BrO3S. The molecule has 0 aliphatic heterocycles. The summed E-state index contributed by atoms with van der Waals surface area (Å²) in [6.45, 7) is 0. The molecular weight excluding hydrogens is 292 g/mol. The third-order valence-electron chi connectivity index (χ3n) is 2.10. The Hall–Kier alpha value is -0.680. The number of esters is 1. The van der Waals surface area contributed by atoms with E-state index < -0.39 is 0 Å². The number of aryl methyl sites for hydroxylation is 1. The Morgan fingerprint density at radius 2 is 2.38 bits per heavy atom. The Morgan fingerprint density at radius 3 is 3.00 bits per heavy atom. The van der Waals surface area contributed by atoms with Gasteiger partial charge in [-0.05, 0) is 31.4 Å². The van der Waals surface area contributed by atoms with Crippen LogP contribution in [0.3, 0.4) is 0 Å². The third-order valence-corrected chi connectivity index (χ3v) is 3.90. The Bertz CT molecular complexity index is 362. The van der Waals surface area contributed by atoms with E-state index in [1.54, 1.807) is 6.07 Å². The molecule has 1 rings (SSSR count). The molecule has 0 aliphatic rings. The largest absolute Gasteiger partial charge is 0.465 e. The van der Waals surface area contributed by atoms with Gasteiger partial charge in [0.1, 0.15) is 11.2 Å². The van der Waals surface area contributed by atoms with Crippen molar-refractivity contribution in [3.63, 3.8) is 0 Å². The molecule has 1 aromatic rings. The minimum absolute atomic E-state index is 0.0625. The predicted molar refractivity (Wildman–Crippen MR) is 67.4 cm³/mol. The van der Waals surface area contributed by atoms with Gasteiger partial charge in [-0.2, -0.15) is 0 Å². The Morgan fingerprint density at radius 1 is 1.62 bits per heavy atom. The van der Waals surface area contributed by atoms with Crippen LogP contribution in [0.15, 0.2) is 12.1 Å². The smallest absolute Gasteiger partial charge is 0.348 e. The number of thiophene rings is 1. The maximum atomic E-state index is 11.2. The maximum Gasteiger partial charge on any atom is 0.348 e. The summed E-state index contributed by atoms with van der Waals surface area (Å²) in [5.74, 6) is -0.289. The molecule has 0 amide bonds. The molecule has 0 saturated carbocycles. The third kappa shape index (κ3) is 4.06. The molecule has 1 aromatic heterocycles. The molecule has 0 N–H and O–H groups in total. The first-order chi connectivity index (χ1) is 7.67. The fourth-order valence-electron chi connectivity index (χ4n) is 1.26. The minimum atomic E-state index is -0.289. The molecule has 1 heterocycles. The highest BCUT2D eigenvalue weighted by Crippen LogP contribution is 2.20. The molecule has 88 valence electrons. The van der Waals surface area contributed by atoms with Crippen molar-refractivity contribution in [3.8, 4) is 0 Å². The Balaban J connectivity index is 2.40. The van der Waals surface area contributed by atoms with Crippen molar-refractivity contribution in [2.24, 2.45) is 0 Å². The van der Waals surface area contributed by atoms with E-state index in [-0.39, 0.29) is 10.8 Å². The SMILES string of the molecule is COC(=O)c1ccc(CCCC(Br)C=O)s1. The summed E-state index contributed by atoms with van der Waals surface area (Å²) in [7, 11) is 1.38. The van der Waals surface area contributed by atoms with Crippen molar-refractivity contribution in [1.82, 2.24) is 0 Å². The number of aldehydes is 1. The first kappa shape index (κ1) is 13.4. The van der Waals surface area contributed by atoms with Crippen LogP contribution >= 0.6 is 27.3 Å². The van der Waals surface area contributed by atoms with Crippen LogP contribution in [-0.4, -0.2) is 24.2 Å². The molecule has 3 nitrogen and oxygen atoms in total. The predicted octanol–water partition coefficient (Wildman–Crippen LogP) is 2.82. The average Bonchev–Trinajstić information content (AvgIpc) is 2.76. The molecule has 0 fully saturated rings. The number of ether oxygens (including phenoxy) is 1. The molecule has 0 radical (unpaired) electrons. The zero-order valence-corrected chi connectivity index (χ0v) is 11.3. The number of methoxy groups -OCH3 is 1. The highest BCUT2D eigenvalue weighted by Gasteiger charge is 2.09. The summed E-state index contributed by atoms with van der Waals surface area (Å²) < 4.78 is 4.63. The van der Waals surface area contributed by atoms with E-state index in [9.17, 15) is 9.59 Å². The van der Waals surface area contributed by atoms with Gasteiger partial charge in [0.2, 0.25) is 0 Å². The van der Waals surface area contributed by atoms with Gasteiger partial charge < -0.3 is 9.53 Å². The van der Waals surface area contributed by atoms with E-state index in [4.69, 9.17) is 0 Å². The van der Waals surface area contributed by atoms with Gasteiger partial charge in [0.05, 0.1) is 11.9 Å². The van der Waals surface area contributed by atoms with Gasteiger partial charge in [0, 0.05) is 4.88 Å². The summed E-state index contributed by atoms with van der Waals surface area (Å²) in [4.78, 5) is 23.3. The van der Waals surface area contributed by atoms with Gasteiger partial charge in [-0.1, -0.05) is 15.9 Å². The lowest BCUT2D eigenvalue weighted by Gasteiger charge is -1.99. The number of hydrogen-bond acceptors (Lipinski definition) is 4. The molecule has 5 heteroatoms.